The fraction of sp³-hybridized carbons (Fsp3) is 0.367. The van der Waals surface area contributed by atoms with Crippen molar-refractivity contribution in [3.05, 3.63) is 60.0 Å². The lowest BCUT2D eigenvalue weighted by Crippen LogP contribution is -2.14. The number of halogens is 1. The lowest BCUT2D eigenvalue weighted by molar-refractivity contribution is -0.115. The van der Waals surface area contributed by atoms with Crippen molar-refractivity contribution in [2.24, 2.45) is 9.98 Å². The minimum Gasteiger partial charge on any atom is -0.493 e. The Labute approximate surface area is 258 Å². The molecule has 43 heavy (non-hydrogen) atoms. The van der Waals surface area contributed by atoms with Crippen LogP contribution in [0.2, 0.25) is 0 Å². The van der Waals surface area contributed by atoms with Gasteiger partial charge < -0.3 is 24.4 Å². The van der Waals surface area contributed by atoms with Crippen LogP contribution in [0.4, 0.5) is 5.82 Å². The first-order valence-corrected chi connectivity index (χ1v) is 13.5. The normalized spacial score (nSPS) is 10.1. The van der Waals surface area contributed by atoms with E-state index < -0.39 is 0 Å². The second kappa shape index (κ2) is 18.1. The number of aromatic amines is 1. The first-order chi connectivity index (χ1) is 20.3. The largest absolute Gasteiger partial charge is 0.493 e. The number of aryl methyl sites for hydroxylation is 1. The molecule has 0 atom stereocenters. The van der Waals surface area contributed by atoms with Crippen LogP contribution in [0, 0.1) is 6.92 Å². The number of anilines is 1. The molecular weight excluding hydrogens is 572 g/mol. The Morgan fingerprint density at radius 3 is 2.40 bits per heavy atom. The molecule has 2 heterocycles. The van der Waals surface area contributed by atoms with Crippen LogP contribution < -0.4 is 19.5 Å². The fourth-order valence-electron chi connectivity index (χ4n) is 3.72. The van der Waals surface area contributed by atoms with Gasteiger partial charge in [-0.25, -0.2) is 20.0 Å². The quantitative estimate of drug-likeness (QED) is 0.165. The van der Waals surface area contributed by atoms with Crippen LogP contribution in [-0.2, 0) is 11.2 Å². The Morgan fingerprint density at radius 2 is 1.77 bits per heavy atom. The van der Waals surface area contributed by atoms with Crippen LogP contribution >= 0.6 is 12.4 Å². The van der Waals surface area contributed by atoms with Gasteiger partial charge >= 0.3 is 0 Å². The van der Waals surface area contributed by atoms with E-state index in [1.165, 1.54) is 6.33 Å². The van der Waals surface area contributed by atoms with Crippen molar-refractivity contribution in [3.63, 3.8) is 0 Å². The smallest absolute Gasteiger partial charge is 0.230 e. The van der Waals surface area contributed by atoms with Gasteiger partial charge in [0.15, 0.2) is 17.3 Å². The van der Waals surface area contributed by atoms with Crippen molar-refractivity contribution in [3.8, 4) is 23.1 Å². The van der Waals surface area contributed by atoms with Gasteiger partial charge in [0, 0.05) is 24.4 Å². The number of H-pyrrole nitrogens is 1. The van der Waals surface area contributed by atoms with Gasteiger partial charge in [0.1, 0.15) is 12.1 Å². The maximum absolute atomic E-state index is 12.2. The Bertz CT molecular complexity index is 1500. The fourth-order valence-corrected chi connectivity index (χ4v) is 3.72. The van der Waals surface area contributed by atoms with Crippen molar-refractivity contribution < 1.29 is 19.0 Å². The molecule has 230 valence electrons. The van der Waals surface area contributed by atoms with Gasteiger partial charge in [-0.2, -0.15) is 5.10 Å². The van der Waals surface area contributed by atoms with Gasteiger partial charge in [0.2, 0.25) is 11.8 Å². The number of rotatable bonds is 12. The molecule has 0 radical (unpaired) electrons. The van der Waals surface area contributed by atoms with Crippen LogP contribution in [0.15, 0.2) is 58.8 Å². The Kier molecular flexibility index (Phi) is 14.6. The molecule has 13 heteroatoms. The van der Waals surface area contributed by atoms with Gasteiger partial charge in [0.25, 0.3) is 0 Å². The summed E-state index contributed by atoms with van der Waals surface area (Å²) in [7, 11) is 7.25. The molecule has 4 aromatic rings. The molecule has 0 spiro atoms. The van der Waals surface area contributed by atoms with Crippen molar-refractivity contribution in [1.82, 2.24) is 25.1 Å². The molecule has 0 aliphatic heterocycles. The number of aromatic nitrogens is 4. The molecule has 0 aliphatic carbocycles. The van der Waals surface area contributed by atoms with E-state index in [0.717, 1.165) is 37.3 Å². The van der Waals surface area contributed by atoms with Crippen LogP contribution in [0.5, 0.6) is 23.1 Å². The number of aliphatic imine (C=N–C) groups is 2. The number of fused-ring (bicyclic) bond motifs is 1. The number of benzene rings is 2. The lowest BCUT2D eigenvalue weighted by Gasteiger charge is -2.11. The Hall–Kier alpha value is -4.51. The van der Waals surface area contributed by atoms with Gasteiger partial charge in [-0.1, -0.05) is 12.1 Å². The average molecular weight is 611 g/mol. The van der Waals surface area contributed by atoms with Gasteiger partial charge in [-0.3, -0.25) is 9.89 Å². The molecule has 0 bridgehead atoms. The zero-order valence-electron chi connectivity index (χ0n) is 25.4. The summed E-state index contributed by atoms with van der Waals surface area (Å²) in [5.41, 5.74) is 2.39. The third-order valence-electron chi connectivity index (χ3n) is 5.75. The molecule has 0 unspecified atom stereocenters. The number of ether oxygens (including phenoxy) is 3. The highest BCUT2D eigenvalue weighted by molar-refractivity contribution is 5.91. The van der Waals surface area contributed by atoms with E-state index in [0.29, 0.717) is 39.8 Å². The minimum atomic E-state index is -0.150. The van der Waals surface area contributed by atoms with Crippen LogP contribution in [0.25, 0.3) is 10.9 Å². The zero-order valence-corrected chi connectivity index (χ0v) is 26.2. The lowest BCUT2D eigenvalue weighted by atomic mass is 10.1. The van der Waals surface area contributed by atoms with Gasteiger partial charge in [0.05, 0.1) is 44.1 Å². The summed E-state index contributed by atoms with van der Waals surface area (Å²) in [5.74, 6) is 2.47. The summed E-state index contributed by atoms with van der Waals surface area (Å²) < 4.78 is 16.6. The van der Waals surface area contributed by atoms with E-state index in [1.54, 1.807) is 44.6 Å². The molecule has 4 rings (SSSR count). The standard InChI is InChI=1S/C22H21N5O4.C8H17N3.ClH/c1-13-8-20(27-26-13)25-21(28)9-14-4-6-15(7-5-14)31-22-16-10-18(29-2)19(30-3)11-17(16)23-12-24-22;1-4-9-8-10-6-5-7-11(2)3;/h4-8,10-12H,9H2,1-3H3,(H2,25,26,27,28);4-7H2,1-3H3;1H. The zero-order chi connectivity index (χ0) is 30.3. The molecule has 2 aromatic heterocycles. The monoisotopic (exact) mass is 610 g/mol. The van der Waals surface area contributed by atoms with Crippen molar-refractivity contribution in [2.75, 3.05) is 53.3 Å². The summed E-state index contributed by atoms with van der Waals surface area (Å²) in [4.78, 5) is 30.7. The summed E-state index contributed by atoms with van der Waals surface area (Å²) in [5, 5.41) is 10.2. The van der Waals surface area contributed by atoms with Gasteiger partial charge in [-0.05, 0) is 64.7 Å². The van der Waals surface area contributed by atoms with Gasteiger partial charge in [-0.15, -0.1) is 12.4 Å². The predicted octanol–water partition coefficient (Wildman–Crippen LogP) is 5.21. The second-order valence-electron chi connectivity index (χ2n) is 9.42. The minimum absolute atomic E-state index is 0. The second-order valence-corrected chi connectivity index (χ2v) is 9.42. The van der Waals surface area contributed by atoms with E-state index in [4.69, 9.17) is 14.2 Å². The van der Waals surface area contributed by atoms with Crippen molar-refractivity contribution in [1.29, 1.82) is 0 Å². The number of nitrogens with zero attached hydrogens (tertiary/aromatic N) is 6. The number of hydrogen-bond donors (Lipinski definition) is 2. The third kappa shape index (κ3) is 11.4. The number of methoxy groups -OCH3 is 2. The SMILES string of the molecule is CCN=C=NCCCN(C)C.COc1cc2ncnc(Oc3ccc(CC(=O)Nc4cc(C)[nH]n4)cc3)c2cc1OC.Cl. The average Bonchev–Trinajstić information content (AvgIpc) is 3.39. The topological polar surface area (TPSA) is 139 Å². The molecule has 12 nitrogen and oxygen atoms in total. The molecule has 1 amide bonds. The first-order valence-electron chi connectivity index (χ1n) is 13.5. The number of carbonyl (C=O) groups excluding carboxylic acids is 1. The van der Waals surface area contributed by atoms with E-state index in [9.17, 15) is 4.79 Å². The van der Waals surface area contributed by atoms with E-state index in [2.05, 4.69) is 60.5 Å². The van der Waals surface area contributed by atoms with Crippen LogP contribution in [-0.4, -0.2) is 84.9 Å². The van der Waals surface area contributed by atoms with E-state index in [1.807, 2.05) is 26.0 Å². The number of amides is 1. The highest BCUT2D eigenvalue weighted by Crippen LogP contribution is 2.35. The molecule has 2 aromatic carbocycles. The van der Waals surface area contributed by atoms with Crippen LogP contribution in [0.1, 0.15) is 24.6 Å². The highest BCUT2D eigenvalue weighted by Gasteiger charge is 2.13. The molecule has 0 fully saturated rings. The van der Waals surface area contributed by atoms with Crippen molar-refractivity contribution >= 4 is 41.0 Å². The summed E-state index contributed by atoms with van der Waals surface area (Å²) in [6.45, 7) is 6.54. The molecule has 2 N–H and O–H groups in total. The number of nitrogens with one attached hydrogen (secondary N) is 2. The molecular formula is C30H39ClN8O4. The molecule has 0 aliphatic rings. The summed E-state index contributed by atoms with van der Waals surface area (Å²) in [6, 6.07) is 15.2. The summed E-state index contributed by atoms with van der Waals surface area (Å²) in [6.07, 6.45) is 2.73. The third-order valence-corrected chi connectivity index (χ3v) is 5.75. The number of hydrogen-bond acceptors (Lipinski definition) is 10. The van der Waals surface area contributed by atoms with E-state index in [-0.39, 0.29) is 24.7 Å². The molecule has 0 saturated carbocycles. The van der Waals surface area contributed by atoms with E-state index >= 15 is 0 Å². The highest BCUT2D eigenvalue weighted by atomic mass is 35.5. The predicted molar refractivity (Wildman–Crippen MR) is 171 cm³/mol. The number of carbonyl (C=O) groups is 1. The first kappa shape index (κ1) is 34.7. The summed E-state index contributed by atoms with van der Waals surface area (Å²) >= 11 is 0. The maximum Gasteiger partial charge on any atom is 0.230 e. The van der Waals surface area contributed by atoms with Crippen molar-refractivity contribution in [2.45, 2.75) is 26.7 Å². The Balaban J connectivity index is 0.000000461. The van der Waals surface area contributed by atoms with Crippen LogP contribution in [0.3, 0.4) is 0 Å². The Morgan fingerprint density at radius 1 is 1.05 bits per heavy atom. The molecule has 0 saturated heterocycles. The maximum atomic E-state index is 12.2.